The molecule has 0 aromatic heterocycles. The Morgan fingerprint density at radius 1 is 1.30 bits per heavy atom. The van der Waals surface area contributed by atoms with Crippen LogP contribution in [0.2, 0.25) is 0 Å². The van der Waals surface area contributed by atoms with E-state index in [1.165, 1.54) is 6.07 Å². The lowest BCUT2D eigenvalue weighted by molar-refractivity contribution is -0.383. The first-order valence-corrected chi connectivity index (χ1v) is 6.76. The number of anilines is 2. The van der Waals surface area contributed by atoms with Crippen LogP contribution in [0.4, 0.5) is 17.1 Å². The third-order valence-electron chi connectivity index (χ3n) is 2.96. The zero-order chi connectivity index (χ0) is 14.7. The second kappa shape index (κ2) is 5.92. The Hall–Kier alpha value is -2.08. The fourth-order valence-electron chi connectivity index (χ4n) is 1.95. The Balaban J connectivity index is 2.19. The second-order valence-electron chi connectivity index (χ2n) is 4.49. The van der Waals surface area contributed by atoms with Gasteiger partial charge in [0.1, 0.15) is 5.69 Å². The molecule has 0 spiro atoms. The molecule has 0 fully saturated rings. The lowest BCUT2D eigenvalue weighted by Crippen LogP contribution is -2.16. The Morgan fingerprint density at radius 3 is 2.65 bits per heavy atom. The minimum atomic E-state index is -0.479. The Morgan fingerprint density at radius 2 is 2.05 bits per heavy atom. The molecular formula is C14H14BrN3O2. The van der Waals surface area contributed by atoms with Gasteiger partial charge in [0.05, 0.1) is 4.92 Å². The number of nitrogens with zero attached hydrogens (tertiary/aromatic N) is 2. The number of hydrogen-bond donors (Lipinski definition) is 1. The van der Waals surface area contributed by atoms with E-state index in [1.54, 1.807) is 12.1 Å². The fourth-order valence-corrected chi connectivity index (χ4v) is 2.39. The molecule has 5 nitrogen and oxygen atoms in total. The van der Waals surface area contributed by atoms with E-state index >= 15 is 0 Å². The van der Waals surface area contributed by atoms with Crippen molar-refractivity contribution in [3.05, 3.63) is 62.6 Å². The normalized spacial score (nSPS) is 10.3. The van der Waals surface area contributed by atoms with Crippen LogP contribution in [0.5, 0.6) is 0 Å². The number of hydrogen-bond acceptors (Lipinski definition) is 4. The smallest absolute Gasteiger partial charge is 0.292 e. The van der Waals surface area contributed by atoms with Crippen LogP contribution in [0.3, 0.4) is 0 Å². The molecule has 0 unspecified atom stereocenters. The maximum absolute atomic E-state index is 10.7. The third-order valence-corrected chi connectivity index (χ3v) is 3.45. The van der Waals surface area contributed by atoms with Crippen molar-refractivity contribution >= 4 is 33.0 Å². The van der Waals surface area contributed by atoms with Crippen LogP contribution >= 0.6 is 15.9 Å². The molecule has 0 saturated heterocycles. The fraction of sp³-hybridized carbons (Fsp3) is 0.143. The predicted molar refractivity (Wildman–Crippen MR) is 83.8 cm³/mol. The molecule has 104 valence electrons. The summed E-state index contributed by atoms with van der Waals surface area (Å²) in [6, 6.07) is 12.7. The molecule has 0 radical (unpaired) electrons. The molecular weight excluding hydrogens is 322 g/mol. The quantitative estimate of drug-likeness (QED) is 0.526. The van der Waals surface area contributed by atoms with E-state index in [0.717, 1.165) is 15.7 Å². The first-order valence-electron chi connectivity index (χ1n) is 5.97. The minimum Gasteiger partial charge on any atom is -0.393 e. The number of rotatable bonds is 4. The van der Waals surface area contributed by atoms with E-state index in [1.807, 2.05) is 36.2 Å². The van der Waals surface area contributed by atoms with Gasteiger partial charge in [-0.05, 0) is 29.8 Å². The van der Waals surface area contributed by atoms with E-state index in [4.69, 9.17) is 5.73 Å². The minimum absolute atomic E-state index is 0.0652. The highest BCUT2D eigenvalue weighted by Crippen LogP contribution is 2.27. The van der Waals surface area contributed by atoms with Crippen molar-refractivity contribution in [2.45, 2.75) is 6.54 Å². The van der Waals surface area contributed by atoms with Gasteiger partial charge >= 0.3 is 0 Å². The topological polar surface area (TPSA) is 72.4 Å². The highest BCUT2D eigenvalue weighted by Gasteiger charge is 2.12. The molecule has 0 atom stereocenters. The summed E-state index contributed by atoms with van der Waals surface area (Å²) >= 11 is 3.43. The van der Waals surface area contributed by atoms with E-state index in [-0.39, 0.29) is 11.4 Å². The highest BCUT2D eigenvalue weighted by molar-refractivity contribution is 9.10. The van der Waals surface area contributed by atoms with Crippen molar-refractivity contribution < 1.29 is 4.92 Å². The number of nitro groups is 1. The first kappa shape index (κ1) is 14.3. The molecule has 0 saturated carbocycles. The zero-order valence-electron chi connectivity index (χ0n) is 10.9. The van der Waals surface area contributed by atoms with Crippen molar-refractivity contribution in [3.8, 4) is 0 Å². The maximum atomic E-state index is 10.7. The number of halogens is 1. The van der Waals surface area contributed by atoms with Gasteiger partial charge in [-0.1, -0.05) is 28.1 Å². The van der Waals surface area contributed by atoms with Crippen LogP contribution < -0.4 is 10.6 Å². The van der Waals surface area contributed by atoms with Gasteiger partial charge in [0.15, 0.2) is 0 Å². The second-order valence-corrected chi connectivity index (χ2v) is 5.40. The van der Waals surface area contributed by atoms with Crippen LogP contribution in [-0.2, 0) is 6.54 Å². The van der Waals surface area contributed by atoms with Crippen LogP contribution in [0.1, 0.15) is 5.56 Å². The van der Waals surface area contributed by atoms with Gasteiger partial charge in [-0.3, -0.25) is 10.1 Å². The summed E-state index contributed by atoms with van der Waals surface area (Å²) in [4.78, 5) is 12.2. The molecule has 2 aromatic carbocycles. The van der Waals surface area contributed by atoms with Crippen molar-refractivity contribution in [2.24, 2.45) is 0 Å². The van der Waals surface area contributed by atoms with Gasteiger partial charge in [0.2, 0.25) is 0 Å². The molecule has 20 heavy (non-hydrogen) atoms. The highest BCUT2D eigenvalue weighted by atomic mass is 79.9. The largest absolute Gasteiger partial charge is 0.393 e. The van der Waals surface area contributed by atoms with E-state index in [0.29, 0.717) is 6.54 Å². The number of nitro benzene ring substituents is 1. The molecule has 6 heteroatoms. The summed E-state index contributed by atoms with van der Waals surface area (Å²) in [5.41, 5.74) is 7.79. The Kier molecular flexibility index (Phi) is 4.24. The average molecular weight is 336 g/mol. The SMILES string of the molecule is CN(Cc1cccc(Br)c1)c1ccc([N+](=O)[O-])c(N)c1. The summed E-state index contributed by atoms with van der Waals surface area (Å²) < 4.78 is 1.02. The van der Waals surface area contributed by atoms with Gasteiger partial charge in [-0.15, -0.1) is 0 Å². The number of nitrogens with two attached hydrogens (primary N) is 1. The lowest BCUT2D eigenvalue weighted by Gasteiger charge is -2.20. The van der Waals surface area contributed by atoms with Crippen molar-refractivity contribution in [3.63, 3.8) is 0 Å². The van der Waals surface area contributed by atoms with E-state index in [9.17, 15) is 10.1 Å². The van der Waals surface area contributed by atoms with Crippen LogP contribution in [-0.4, -0.2) is 12.0 Å². The molecule has 0 aliphatic carbocycles. The van der Waals surface area contributed by atoms with Crippen LogP contribution in [0, 0.1) is 10.1 Å². The maximum Gasteiger partial charge on any atom is 0.292 e. The van der Waals surface area contributed by atoms with Gasteiger partial charge < -0.3 is 10.6 Å². The van der Waals surface area contributed by atoms with Gasteiger partial charge in [0.25, 0.3) is 5.69 Å². The molecule has 0 heterocycles. The monoisotopic (exact) mass is 335 g/mol. The van der Waals surface area contributed by atoms with Crippen molar-refractivity contribution in [2.75, 3.05) is 17.7 Å². The molecule has 2 rings (SSSR count). The van der Waals surface area contributed by atoms with Crippen molar-refractivity contribution in [1.29, 1.82) is 0 Å². The average Bonchev–Trinajstić information content (AvgIpc) is 2.38. The number of benzene rings is 2. The Bertz CT molecular complexity index is 646. The lowest BCUT2D eigenvalue weighted by atomic mass is 10.2. The molecule has 2 N–H and O–H groups in total. The molecule has 0 bridgehead atoms. The summed E-state index contributed by atoms with van der Waals surface area (Å²) in [7, 11) is 1.92. The molecule has 0 aliphatic rings. The van der Waals surface area contributed by atoms with Crippen LogP contribution in [0.25, 0.3) is 0 Å². The molecule has 0 aliphatic heterocycles. The number of nitrogen functional groups attached to an aromatic ring is 1. The van der Waals surface area contributed by atoms with E-state index < -0.39 is 4.92 Å². The summed E-state index contributed by atoms with van der Waals surface area (Å²) in [6.45, 7) is 0.691. The summed E-state index contributed by atoms with van der Waals surface area (Å²) in [6.07, 6.45) is 0. The van der Waals surface area contributed by atoms with Crippen molar-refractivity contribution in [1.82, 2.24) is 0 Å². The standard InChI is InChI=1S/C14H14BrN3O2/c1-17(9-10-3-2-4-11(15)7-10)12-5-6-14(18(19)20)13(16)8-12/h2-8H,9,16H2,1H3. The van der Waals surface area contributed by atoms with E-state index in [2.05, 4.69) is 15.9 Å². The zero-order valence-corrected chi connectivity index (χ0v) is 12.5. The van der Waals surface area contributed by atoms with Gasteiger partial charge in [-0.25, -0.2) is 0 Å². The summed E-state index contributed by atoms with van der Waals surface area (Å²) in [5.74, 6) is 0. The third kappa shape index (κ3) is 3.27. The molecule has 2 aromatic rings. The Labute approximate surface area is 125 Å². The molecule has 0 amide bonds. The van der Waals surface area contributed by atoms with Crippen LogP contribution in [0.15, 0.2) is 46.9 Å². The van der Waals surface area contributed by atoms with Gasteiger partial charge in [-0.2, -0.15) is 0 Å². The summed E-state index contributed by atoms with van der Waals surface area (Å²) in [5, 5.41) is 10.7. The predicted octanol–water partition coefficient (Wildman–Crippen LogP) is 3.58. The van der Waals surface area contributed by atoms with Gasteiger partial charge in [0, 0.05) is 29.8 Å². The first-order chi connectivity index (χ1) is 9.47.